The van der Waals surface area contributed by atoms with Gasteiger partial charge in [0.15, 0.2) is 5.75 Å². The van der Waals surface area contributed by atoms with Gasteiger partial charge >= 0.3 is 5.97 Å². The lowest BCUT2D eigenvalue weighted by Crippen LogP contribution is -2.41. The third-order valence-electron chi connectivity index (χ3n) is 6.72. The number of hydrogen-bond donors (Lipinski definition) is 4. The maximum atomic E-state index is 13.0. The fourth-order valence-electron chi connectivity index (χ4n) is 4.60. The molecule has 0 radical (unpaired) electrons. The van der Waals surface area contributed by atoms with Crippen molar-refractivity contribution < 1.29 is 23.1 Å². The molecule has 1 aliphatic rings. The lowest BCUT2D eigenvalue weighted by Gasteiger charge is -2.34. The summed E-state index contributed by atoms with van der Waals surface area (Å²) in [6.07, 6.45) is 4.48. The second-order valence-electron chi connectivity index (χ2n) is 9.76. The van der Waals surface area contributed by atoms with Crippen LogP contribution in [0.4, 0.5) is 5.69 Å². The second kappa shape index (κ2) is 16.3. The lowest BCUT2D eigenvalue weighted by molar-refractivity contribution is -0.134. The lowest BCUT2D eigenvalue weighted by atomic mass is 10.1. The minimum atomic E-state index is -4.24. The molecule has 0 saturated carbocycles. The van der Waals surface area contributed by atoms with Crippen molar-refractivity contribution in [3.8, 4) is 5.75 Å². The van der Waals surface area contributed by atoms with Crippen LogP contribution in [0.2, 0.25) is 5.02 Å². The highest BCUT2D eigenvalue weighted by Crippen LogP contribution is 2.33. The number of carboxylic acid groups (broad SMARTS) is 1. The zero-order chi connectivity index (χ0) is 30.3. The number of carboxylic acids is 1. The number of rotatable bonds is 11. The summed E-state index contributed by atoms with van der Waals surface area (Å²) >= 11 is 6.53. The molecule has 5 N–H and O–H groups in total. The van der Waals surface area contributed by atoms with Gasteiger partial charge in [-0.25, -0.2) is 8.42 Å². The number of benzene rings is 3. The molecule has 0 unspecified atom stereocenters. The Labute approximate surface area is 274 Å². The van der Waals surface area contributed by atoms with Crippen LogP contribution in [0, 0.1) is 10.8 Å². The van der Waals surface area contributed by atoms with Gasteiger partial charge in [-0.1, -0.05) is 72.3 Å². The maximum absolute atomic E-state index is 13.0. The Morgan fingerprint density at radius 2 is 1.68 bits per heavy atom. The van der Waals surface area contributed by atoms with Gasteiger partial charge in [-0.2, -0.15) is 0 Å². The summed E-state index contributed by atoms with van der Waals surface area (Å²) in [7, 11) is -4.24. The van der Waals surface area contributed by atoms with Crippen LogP contribution in [0.25, 0.3) is 6.08 Å². The molecule has 0 aliphatic carbocycles. The first kappa shape index (κ1) is 36.4. The highest BCUT2D eigenvalue weighted by molar-refractivity contribution is 7.93. The molecule has 0 amide bonds. The number of anilines is 1. The highest BCUT2D eigenvalue weighted by Gasteiger charge is 2.27. The van der Waals surface area contributed by atoms with E-state index in [1.807, 2.05) is 35.2 Å². The van der Waals surface area contributed by atoms with Gasteiger partial charge in [0.1, 0.15) is 23.5 Å². The first-order chi connectivity index (χ1) is 20.0. The Balaban J connectivity index is 0.00000337. The van der Waals surface area contributed by atoms with Gasteiger partial charge in [-0.05, 0) is 29.8 Å². The molecular weight excluding hydrogens is 649 g/mol. The summed E-state index contributed by atoms with van der Waals surface area (Å²) < 4.78 is 33.1. The van der Waals surface area contributed by atoms with Gasteiger partial charge in [0.05, 0.1) is 17.3 Å². The first-order valence-corrected chi connectivity index (χ1v) is 15.2. The fourth-order valence-corrected chi connectivity index (χ4v) is 6.04. The van der Waals surface area contributed by atoms with Gasteiger partial charge in [0.25, 0.3) is 0 Å². The van der Waals surface area contributed by atoms with E-state index in [0.29, 0.717) is 48.6 Å². The molecule has 3 aromatic rings. The number of hydrogen-bond acceptors (Lipinski definition) is 6. The predicted octanol–water partition coefficient (Wildman–Crippen LogP) is 5.27. The third-order valence-corrected chi connectivity index (χ3v) is 8.66. The molecule has 0 bridgehead atoms. The average Bonchev–Trinajstić information content (AvgIpc) is 2.96. The van der Waals surface area contributed by atoms with E-state index in [0.717, 1.165) is 9.87 Å². The van der Waals surface area contributed by atoms with E-state index in [2.05, 4.69) is 0 Å². The number of ether oxygens (including phenoxy) is 1. The third kappa shape index (κ3) is 9.62. The fraction of sp³-hybridized carbons (Fsp3) is 0.233. The van der Waals surface area contributed by atoms with Crippen LogP contribution in [0.1, 0.15) is 29.5 Å². The molecule has 14 heteroatoms. The van der Waals surface area contributed by atoms with Gasteiger partial charge in [-0.15, -0.1) is 24.8 Å². The number of piperidine rings is 1. The van der Waals surface area contributed by atoms with E-state index in [9.17, 15) is 18.3 Å². The molecular formula is C30H34Cl3N5O5S. The summed E-state index contributed by atoms with van der Waals surface area (Å²) in [5, 5.41) is 25.5. The summed E-state index contributed by atoms with van der Waals surface area (Å²) in [5.74, 6) is -1.79. The Hall–Kier alpha value is -3.77. The summed E-state index contributed by atoms with van der Waals surface area (Å²) in [4.78, 5) is 13.3. The molecule has 1 aliphatic heterocycles. The number of amidine groups is 2. The number of nitrogens with two attached hydrogens (primary N) is 1. The molecule has 1 heterocycles. The number of carbonyl (C=O) groups is 1. The van der Waals surface area contributed by atoms with E-state index in [1.54, 1.807) is 42.5 Å². The van der Waals surface area contributed by atoms with Crippen molar-refractivity contribution in [3.05, 3.63) is 101 Å². The molecule has 4 rings (SSSR count). The molecule has 236 valence electrons. The highest BCUT2D eigenvalue weighted by atomic mass is 35.5. The van der Waals surface area contributed by atoms with Crippen LogP contribution < -0.4 is 14.8 Å². The number of nitrogen functional groups attached to an aromatic ring is 1. The van der Waals surface area contributed by atoms with Crippen molar-refractivity contribution in [3.63, 3.8) is 0 Å². The van der Waals surface area contributed by atoms with Crippen molar-refractivity contribution in [2.75, 3.05) is 29.7 Å². The van der Waals surface area contributed by atoms with Gasteiger partial charge < -0.3 is 20.5 Å². The topological polar surface area (TPSA) is 161 Å². The van der Waals surface area contributed by atoms with E-state index in [-0.39, 0.29) is 54.0 Å². The van der Waals surface area contributed by atoms with E-state index < -0.39 is 21.7 Å². The molecule has 3 aromatic carbocycles. The van der Waals surface area contributed by atoms with E-state index in [1.165, 1.54) is 12.1 Å². The number of sulfonamides is 1. The normalized spacial score (nSPS) is 13.4. The Morgan fingerprint density at radius 3 is 2.30 bits per heavy atom. The monoisotopic (exact) mass is 681 g/mol. The van der Waals surface area contributed by atoms with Crippen LogP contribution in [0.15, 0.2) is 78.9 Å². The van der Waals surface area contributed by atoms with Crippen LogP contribution in [-0.2, 0) is 14.8 Å². The second-order valence-corrected chi connectivity index (χ2v) is 12.1. The number of likely N-dealkylation sites (tertiary alicyclic amines) is 1. The van der Waals surface area contributed by atoms with Gasteiger partial charge in [-0.3, -0.25) is 19.9 Å². The van der Waals surface area contributed by atoms with Crippen molar-refractivity contribution in [2.24, 2.45) is 5.73 Å². The van der Waals surface area contributed by atoms with Crippen molar-refractivity contribution in [1.29, 1.82) is 10.8 Å². The maximum Gasteiger partial charge on any atom is 0.320 e. The zero-order valence-electron chi connectivity index (χ0n) is 23.6. The molecule has 10 nitrogen and oxygen atoms in total. The van der Waals surface area contributed by atoms with Crippen LogP contribution in [0.5, 0.6) is 5.75 Å². The molecule has 0 atom stereocenters. The molecule has 0 aromatic heterocycles. The Kier molecular flexibility index (Phi) is 13.5. The van der Waals surface area contributed by atoms with Gasteiger partial charge in [0.2, 0.25) is 10.0 Å². The van der Waals surface area contributed by atoms with Crippen molar-refractivity contribution in [1.82, 2.24) is 4.90 Å². The standard InChI is InChI=1S/C30H32ClN5O5S.2ClH/c31-26-19-24(11-12-27(26)41-25-13-16-35(17-14-25)30(34)22-8-2-1-3-9-22)36(42(39,40)20-28(37)38)15-5-7-21-6-4-10-23(18-21)29(32)33;;/h1-12,18-19,25,34H,13-17,20H2,(H3,32,33)(H,37,38);2*1H/b7-5+,34-30?;;. The molecule has 44 heavy (non-hydrogen) atoms. The molecule has 1 saturated heterocycles. The average molecular weight is 683 g/mol. The van der Waals surface area contributed by atoms with E-state index >= 15 is 0 Å². The van der Waals surface area contributed by atoms with Crippen LogP contribution >= 0.6 is 36.4 Å². The summed E-state index contributed by atoms with van der Waals surface area (Å²) in [6.45, 7) is 1.15. The number of nitrogens with zero attached hydrogens (tertiary/aromatic N) is 2. The quantitative estimate of drug-likeness (QED) is 0.158. The minimum absolute atomic E-state index is 0. The number of halogens is 3. The van der Waals surface area contributed by atoms with Gasteiger partial charge in [0, 0.05) is 37.1 Å². The molecule has 0 spiro atoms. The zero-order valence-corrected chi connectivity index (χ0v) is 26.8. The van der Waals surface area contributed by atoms with Crippen LogP contribution in [-0.4, -0.2) is 67.6 Å². The Morgan fingerprint density at radius 1 is 1.02 bits per heavy atom. The molecule has 1 fully saturated rings. The number of nitrogens with one attached hydrogen (secondary N) is 2. The predicted molar refractivity (Wildman–Crippen MR) is 180 cm³/mol. The first-order valence-electron chi connectivity index (χ1n) is 13.2. The van der Waals surface area contributed by atoms with E-state index in [4.69, 9.17) is 32.9 Å². The number of aliphatic carboxylic acids is 1. The smallest absolute Gasteiger partial charge is 0.320 e. The largest absolute Gasteiger partial charge is 0.489 e. The summed E-state index contributed by atoms with van der Waals surface area (Å²) in [5.41, 5.74) is 7.82. The van der Waals surface area contributed by atoms with Crippen LogP contribution in [0.3, 0.4) is 0 Å². The van der Waals surface area contributed by atoms with Crippen molar-refractivity contribution in [2.45, 2.75) is 18.9 Å². The SMILES string of the molecule is Cl.Cl.N=C(N)c1cccc(/C=C/CN(c2ccc(OC3CCN(C(=N)c4ccccc4)CC3)c(Cl)c2)S(=O)(=O)CC(=O)O)c1. The Bertz CT molecular complexity index is 1600. The minimum Gasteiger partial charge on any atom is -0.489 e. The summed E-state index contributed by atoms with van der Waals surface area (Å²) in [6, 6.07) is 21.0. The van der Waals surface area contributed by atoms with Crippen molar-refractivity contribution >= 4 is 75.8 Å².